The second-order valence-corrected chi connectivity index (χ2v) is 1.56. The van der Waals surface area contributed by atoms with E-state index in [1.54, 1.807) is 0 Å². The molecule has 8 heavy (non-hydrogen) atoms. The van der Waals surface area contributed by atoms with E-state index in [0.717, 1.165) is 19.4 Å². The number of nitriles is 1. The van der Waals surface area contributed by atoms with Crippen molar-refractivity contribution >= 4 is 0 Å². The highest BCUT2D eigenvalue weighted by molar-refractivity contribution is 4.65. The van der Waals surface area contributed by atoms with Gasteiger partial charge in [-0.25, -0.2) is 0 Å². The molecule has 0 aromatic heterocycles. The molecule has 0 bridgehead atoms. The third-order valence-corrected chi connectivity index (χ3v) is 0.809. The Labute approximate surface area is 50.1 Å². The van der Waals surface area contributed by atoms with Crippen LogP contribution in [0.25, 0.3) is 0 Å². The largest absolute Gasteiger partial charge is 0.367 e. The Morgan fingerprint density at radius 3 is 2.88 bits per heavy atom. The van der Waals surface area contributed by atoms with Gasteiger partial charge in [0.05, 0.1) is 6.07 Å². The van der Waals surface area contributed by atoms with E-state index in [1.807, 2.05) is 6.07 Å². The monoisotopic (exact) mass is 113 g/mol. The molecule has 0 saturated carbocycles. The molecule has 0 aliphatic rings. The average molecular weight is 113 g/mol. The third-order valence-electron chi connectivity index (χ3n) is 0.809. The summed E-state index contributed by atoms with van der Waals surface area (Å²) in [4.78, 5) is 0. The van der Waals surface area contributed by atoms with Crippen molar-refractivity contribution in [1.82, 2.24) is 0 Å². The van der Waals surface area contributed by atoms with Crippen molar-refractivity contribution in [1.29, 1.82) is 5.26 Å². The van der Waals surface area contributed by atoms with Crippen LogP contribution in [0.5, 0.6) is 0 Å². The van der Waals surface area contributed by atoms with E-state index < -0.39 is 0 Å². The molecule has 0 N–H and O–H groups in total. The molecule has 0 heterocycles. The summed E-state index contributed by atoms with van der Waals surface area (Å²) >= 11 is 0. The van der Waals surface area contributed by atoms with Gasteiger partial charge in [-0.2, -0.15) is 5.26 Å². The van der Waals surface area contributed by atoms with Crippen LogP contribution in [0.4, 0.5) is 0 Å². The van der Waals surface area contributed by atoms with Gasteiger partial charge in [0.2, 0.25) is 0 Å². The third kappa shape index (κ3) is 5.45. The van der Waals surface area contributed by atoms with E-state index in [2.05, 4.69) is 6.92 Å². The molecule has 0 unspecified atom stereocenters. The van der Waals surface area contributed by atoms with Gasteiger partial charge in [0.1, 0.15) is 6.61 Å². The molecule has 0 fully saturated rings. The van der Waals surface area contributed by atoms with Gasteiger partial charge in [-0.3, -0.25) is 0 Å². The Hall–Kier alpha value is -0.550. The van der Waals surface area contributed by atoms with Crippen LogP contribution in [0.15, 0.2) is 0 Å². The van der Waals surface area contributed by atoms with Crippen LogP contribution >= 0.6 is 0 Å². The van der Waals surface area contributed by atoms with E-state index >= 15 is 0 Å². The number of hydrogen-bond acceptors (Lipinski definition) is 2. The number of unbranched alkanes of at least 4 members (excludes halogenated alkanes) is 1. The van der Waals surface area contributed by atoms with Crippen LogP contribution in [0.2, 0.25) is 0 Å². The van der Waals surface area contributed by atoms with E-state index in [-0.39, 0.29) is 6.61 Å². The zero-order valence-electron chi connectivity index (χ0n) is 5.18. The van der Waals surface area contributed by atoms with Crippen molar-refractivity contribution in [3.63, 3.8) is 0 Å². The molecule has 2 nitrogen and oxygen atoms in total. The van der Waals surface area contributed by atoms with Crippen LogP contribution in [0.3, 0.4) is 0 Å². The fourth-order valence-electron chi connectivity index (χ4n) is 0.364. The van der Waals surface area contributed by atoms with Gasteiger partial charge in [-0.05, 0) is 6.42 Å². The molecule has 0 amide bonds. The first-order chi connectivity index (χ1) is 3.91. The summed E-state index contributed by atoms with van der Waals surface area (Å²) in [6.07, 6.45) is 2.19. The fourth-order valence-corrected chi connectivity index (χ4v) is 0.364. The lowest BCUT2D eigenvalue weighted by Crippen LogP contribution is -1.92. The molecule has 0 aromatic rings. The standard InChI is InChI=1S/C6H11NO/c1-2-3-5-8-6-4-7/h2-3,5-6H2,1H3. The Morgan fingerprint density at radius 1 is 1.62 bits per heavy atom. The van der Waals surface area contributed by atoms with E-state index in [4.69, 9.17) is 10.00 Å². The molecule has 0 spiro atoms. The Bertz CT molecular complexity index is 75.1. The van der Waals surface area contributed by atoms with Crippen LogP contribution in [-0.4, -0.2) is 13.2 Å². The van der Waals surface area contributed by atoms with Gasteiger partial charge < -0.3 is 4.74 Å². The highest BCUT2D eigenvalue weighted by Gasteiger charge is 1.81. The van der Waals surface area contributed by atoms with Crippen LogP contribution in [0, 0.1) is 11.3 Å². The summed E-state index contributed by atoms with van der Waals surface area (Å²) in [5, 5.41) is 7.99. The molecule has 0 rings (SSSR count). The second kappa shape index (κ2) is 6.45. The van der Waals surface area contributed by atoms with E-state index in [9.17, 15) is 0 Å². The Balaban J connectivity index is 2.65. The highest BCUT2D eigenvalue weighted by atomic mass is 16.5. The quantitative estimate of drug-likeness (QED) is 0.515. The van der Waals surface area contributed by atoms with Crippen molar-refractivity contribution in [3.05, 3.63) is 0 Å². The van der Waals surface area contributed by atoms with Crippen molar-refractivity contribution in [2.75, 3.05) is 13.2 Å². The lowest BCUT2D eigenvalue weighted by molar-refractivity contribution is 0.162. The lowest BCUT2D eigenvalue weighted by atomic mass is 10.4. The van der Waals surface area contributed by atoms with Crippen molar-refractivity contribution < 1.29 is 4.74 Å². The summed E-state index contributed by atoms with van der Waals surface area (Å²) in [7, 11) is 0. The molecule has 0 aliphatic carbocycles. The summed E-state index contributed by atoms with van der Waals surface area (Å²) < 4.78 is 4.86. The van der Waals surface area contributed by atoms with E-state index in [0.29, 0.717) is 0 Å². The lowest BCUT2D eigenvalue weighted by Gasteiger charge is -1.93. The zero-order valence-corrected chi connectivity index (χ0v) is 5.18. The summed E-state index contributed by atoms with van der Waals surface area (Å²) in [6.45, 7) is 3.06. The predicted octanol–water partition coefficient (Wildman–Crippen LogP) is 1.33. The van der Waals surface area contributed by atoms with Gasteiger partial charge in [0.25, 0.3) is 0 Å². The minimum absolute atomic E-state index is 0.236. The molecule has 0 aliphatic heterocycles. The minimum Gasteiger partial charge on any atom is -0.367 e. The number of rotatable bonds is 4. The molecular weight excluding hydrogens is 102 g/mol. The maximum absolute atomic E-state index is 7.99. The number of hydrogen-bond donors (Lipinski definition) is 0. The predicted molar refractivity (Wildman–Crippen MR) is 31.3 cm³/mol. The maximum Gasteiger partial charge on any atom is 0.133 e. The topological polar surface area (TPSA) is 33.0 Å². The average Bonchev–Trinajstić information content (AvgIpc) is 1.81. The zero-order chi connectivity index (χ0) is 6.24. The molecule has 0 atom stereocenters. The van der Waals surface area contributed by atoms with Gasteiger partial charge in [-0.1, -0.05) is 13.3 Å². The van der Waals surface area contributed by atoms with Crippen LogP contribution in [0.1, 0.15) is 19.8 Å². The van der Waals surface area contributed by atoms with Gasteiger partial charge in [0.15, 0.2) is 0 Å². The fraction of sp³-hybridized carbons (Fsp3) is 0.833. The Kier molecular flexibility index (Phi) is 6.01. The van der Waals surface area contributed by atoms with Crippen molar-refractivity contribution in [2.24, 2.45) is 0 Å². The maximum atomic E-state index is 7.99. The van der Waals surface area contributed by atoms with Crippen LogP contribution in [-0.2, 0) is 4.74 Å². The molecular formula is C6H11NO. The Morgan fingerprint density at radius 2 is 2.38 bits per heavy atom. The molecule has 0 saturated heterocycles. The minimum atomic E-state index is 0.236. The molecule has 0 aromatic carbocycles. The smallest absolute Gasteiger partial charge is 0.133 e. The second-order valence-electron chi connectivity index (χ2n) is 1.56. The van der Waals surface area contributed by atoms with Gasteiger partial charge >= 0.3 is 0 Å². The number of ether oxygens (including phenoxy) is 1. The van der Waals surface area contributed by atoms with E-state index in [1.165, 1.54) is 0 Å². The van der Waals surface area contributed by atoms with Crippen molar-refractivity contribution in [3.8, 4) is 6.07 Å². The number of nitrogens with zero attached hydrogens (tertiary/aromatic N) is 1. The first-order valence-electron chi connectivity index (χ1n) is 2.86. The van der Waals surface area contributed by atoms with Crippen molar-refractivity contribution in [2.45, 2.75) is 19.8 Å². The molecule has 2 heteroatoms. The first-order valence-corrected chi connectivity index (χ1v) is 2.86. The van der Waals surface area contributed by atoms with Gasteiger partial charge in [-0.15, -0.1) is 0 Å². The van der Waals surface area contributed by atoms with Gasteiger partial charge in [0, 0.05) is 6.61 Å². The summed E-state index contributed by atoms with van der Waals surface area (Å²) in [5.41, 5.74) is 0. The molecule has 0 radical (unpaired) electrons. The normalized spacial score (nSPS) is 8.50. The SMILES string of the molecule is CCCCOCC#N. The summed E-state index contributed by atoms with van der Waals surface area (Å²) in [5.74, 6) is 0. The van der Waals surface area contributed by atoms with Crippen LogP contribution < -0.4 is 0 Å². The molecule has 46 valence electrons. The summed E-state index contributed by atoms with van der Waals surface area (Å²) in [6, 6.07) is 1.90. The first kappa shape index (κ1) is 7.45. The highest BCUT2D eigenvalue weighted by Crippen LogP contribution is 1.85.